The molecule has 1 amide bonds. The largest absolute Gasteiger partial charge is 0.343 e. The van der Waals surface area contributed by atoms with Gasteiger partial charge in [0.05, 0.1) is 0 Å². The number of hydrogen-bond donors (Lipinski definition) is 0. The van der Waals surface area contributed by atoms with Crippen LogP contribution in [0, 0.1) is 25.7 Å². The molecule has 0 aliphatic carbocycles. The fourth-order valence-corrected chi connectivity index (χ4v) is 6.44. The highest BCUT2D eigenvalue weighted by Crippen LogP contribution is 2.42. The highest BCUT2D eigenvalue weighted by Gasteiger charge is 2.45. The standard InChI is InChI=1S/C34H38N2O3/c1-24-12-9-17-28(25(24)2)32-29(33(38)26-13-5-3-6-14-26)22-35(19-11-21-36-20-10-18-31(36)37)23-30(32)34(39)27-15-7-4-8-16-27/h3-9,12-17,29-30,32H,10-11,18-23H2,1-2H3/t29-,30+,32+. The first kappa shape index (κ1) is 27.0. The number of ketones is 2. The lowest BCUT2D eigenvalue weighted by Crippen LogP contribution is -2.51. The Labute approximate surface area is 231 Å². The van der Waals surface area contributed by atoms with E-state index in [2.05, 4.69) is 30.9 Å². The number of nitrogens with zero attached hydrogens (tertiary/aromatic N) is 2. The SMILES string of the molecule is Cc1cccc([C@@H]2[C@@H](C(=O)c3ccccc3)CN(CCCN3CCCC3=O)C[C@H]2C(=O)c2ccccc2)c1C. The van der Waals surface area contributed by atoms with Gasteiger partial charge in [-0.2, -0.15) is 0 Å². The predicted octanol–water partition coefficient (Wildman–Crippen LogP) is 5.71. The number of piperidine rings is 1. The van der Waals surface area contributed by atoms with Gasteiger partial charge in [-0.05, 0) is 49.9 Å². The zero-order valence-corrected chi connectivity index (χ0v) is 23.0. The van der Waals surface area contributed by atoms with Gasteiger partial charge < -0.3 is 9.80 Å². The monoisotopic (exact) mass is 522 g/mol. The van der Waals surface area contributed by atoms with E-state index in [1.807, 2.05) is 71.6 Å². The number of aryl methyl sites for hydroxylation is 1. The second-order valence-electron chi connectivity index (χ2n) is 11.1. The summed E-state index contributed by atoms with van der Waals surface area (Å²) in [6.45, 7) is 7.70. The van der Waals surface area contributed by atoms with Crippen LogP contribution < -0.4 is 0 Å². The van der Waals surface area contributed by atoms with Gasteiger partial charge in [-0.3, -0.25) is 14.4 Å². The van der Waals surface area contributed by atoms with Crippen LogP contribution in [0.2, 0.25) is 0 Å². The predicted molar refractivity (Wildman–Crippen MR) is 154 cm³/mol. The van der Waals surface area contributed by atoms with Crippen LogP contribution in [0.3, 0.4) is 0 Å². The van der Waals surface area contributed by atoms with Gasteiger partial charge in [0.15, 0.2) is 11.6 Å². The van der Waals surface area contributed by atoms with Crippen molar-refractivity contribution in [2.75, 3.05) is 32.7 Å². The lowest BCUT2D eigenvalue weighted by molar-refractivity contribution is -0.127. The molecule has 3 aromatic carbocycles. The molecule has 0 radical (unpaired) electrons. The molecule has 5 heteroatoms. The first-order valence-electron chi connectivity index (χ1n) is 14.2. The van der Waals surface area contributed by atoms with E-state index >= 15 is 0 Å². The number of likely N-dealkylation sites (tertiary alicyclic amines) is 2. The summed E-state index contributed by atoms with van der Waals surface area (Å²) in [5.41, 5.74) is 4.80. The second kappa shape index (κ2) is 12.1. The number of rotatable bonds is 9. The summed E-state index contributed by atoms with van der Waals surface area (Å²) in [5, 5.41) is 0. The molecule has 2 fully saturated rings. The summed E-state index contributed by atoms with van der Waals surface area (Å²) in [5.74, 6) is -0.515. The average Bonchev–Trinajstić information content (AvgIpc) is 3.38. The molecule has 0 spiro atoms. The van der Waals surface area contributed by atoms with Crippen molar-refractivity contribution >= 4 is 17.5 Å². The molecule has 0 saturated carbocycles. The van der Waals surface area contributed by atoms with Crippen LogP contribution in [0.15, 0.2) is 78.9 Å². The molecule has 0 N–H and O–H groups in total. The molecule has 0 unspecified atom stereocenters. The van der Waals surface area contributed by atoms with Crippen LogP contribution in [0.5, 0.6) is 0 Å². The summed E-state index contributed by atoms with van der Waals surface area (Å²) < 4.78 is 0. The van der Waals surface area contributed by atoms with Gasteiger partial charge >= 0.3 is 0 Å². The minimum absolute atomic E-state index is 0.0896. The van der Waals surface area contributed by atoms with Crippen molar-refractivity contribution < 1.29 is 14.4 Å². The Morgan fingerprint density at radius 2 is 1.36 bits per heavy atom. The van der Waals surface area contributed by atoms with Crippen LogP contribution in [0.25, 0.3) is 0 Å². The molecule has 2 aliphatic rings. The van der Waals surface area contributed by atoms with Crippen LogP contribution in [0.1, 0.15) is 62.6 Å². The fraction of sp³-hybridized carbons (Fsp3) is 0.382. The Bertz CT molecular complexity index is 1260. The number of Topliss-reactive ketones (excluding diaryl/α,β-unsaturated/α-hetero) is 2. The Kier molecular flexibility index (Phi) is 8.37. The summed E-state index contributed by atoms with van der Waals surface area (Å²) in [6, 6.07) is 25.2. The maximum atomic E-state index is 14.2. The van der Waals surface area contributed by atoms with Crippen molar-refractivity contribution in [1.29, 1.82) is 0 Å². The minimum atomic E-state index is -0.354. The topological polar surface area (TPSA) is 57.7 Å². The molecule has 3 atom stereocenters. The third-order valence-electron chi connectivity index (χ3n) is 8.65. The van der Waals surface area contributed by atoms with E-state index in [9.17, 15) is 14.4 Å². The van der Waals surface area contributed by atoms with E-state index in [1.165, 1.54) is 5.56 Å². The van der Waals surface area contributed by atoms with Crippen molar-refractivity contribution in [3.8, 4) is 0 Å². The van der Waals surface area contributed by atoms with Crippen LogP contribution in [-0.2, 0) is 4.79 Å². The normalized spacial score (nSPS) is 21.7. The summed E-state index contributed by atoms with van der Waals surface area (Å²) >= 11 is 0. The molecule has 3 aromatic rings. The fourth-order valence-electron chi connectivity index (χ4n) is 6.44. The number of carbonyl (C=O) groups is 3. The lowest BCUT2D eigenvalue weighted by atomic mass is 9.67. The summed E-state index contributed by atoms with van der Waals surface area (Å²) in [6.07, 6.45) is 2.41. The molecule has 39 heavy (non-hydrogen) atoms. The zero-order chi connectivity index (χ0) is 27.4. The molecule has 2 saturated heterocycles. The molecular weight excluding hydrogens is 484 g/mol. The van der Waals surface area contributed by atoms with E-state index in [0.29, 0.717) is 30.6 Å². The average molecular weight is 523 g/mol. The molecule has 2 aliphatic heterocycles. The number of amides is 1. The maximum Gasteiger partial charge on any atom is 0.222 e. The van der Waals surface area contributed by atoms with Crippen LogP contribution in [-0.4, -0.2) is 60.0 Å². The van der Waals surface area contributed by atoms with Gasteiger partial charge in [0.2, 0.25) is 5.91 Å². The number of carbonyl (C=O) groups excluding carboxylic acids is 3. The molecular formula is C34H38N2O3. The Morgan fingerprint density at radius 3 is 1.90 bits per heavy atom. The molecule has 2 heterocycles. The van der Waals surface area contributed by atoms with Gasteiger partial charge in [-0.25, -0.2) is 0 Å². The van der Waals surface area contributed by atoms with E-state index in [4.69, 9.17) is 0 Å². The summed E-state index contributed by atoms with van der Waals surface area (Å²) in [4.78, 5) is 44.7. The highest BCUT2D eigenvalue weighted by atomic mass is 16.2. The third kappa shape index (κ3) is 5.89. The maximum absolute atomic E-state index is 14.2. The molecule has 0 aromatic heterocycles. The van der Waals surface area contributed by atoms with Crippen LogP contribution in [0.4, 0.5) is 0 Å². The van der Waals surface area contributed by atoms with Gasteiger partial charge in [-0.15, -0.1) is 0 Å². The van der Waals surface area contributed by atoms with E-state index in [0.717, 1.165) is 43.6 Å². The Balaban J connectivity index is 1.51. The quantitative estimate of drug-likeness (QED) is 0.338. The minimum Gasteiger partial charge on any atom is -0.343 e. The molecule has 5 rings (SSSR count). The van der Waals surface area contributed by atoms with Crippen molar-refractivity contribution in [2.45, 2.75) is 39.0 Å². The van der Waals surface area contributed by atoms with Gasteiger partial charge in [-0.1, -0.05) is 78.9 Å². The molecule has 0 bridgehead atoms. The Hall–Kier alpha value is -3.57. The first-order chi connectivity index (χ1) is 18.9. The second-order valence-corrected chi connectivity index (χ2v) is 11.1. The van der Waals surface area contributed by atoms with E-state index in [1.54, 1.807) is 0 Å². The Morgan fingerprint density at radius 1 is 0.769 bits per heavy atom. The third-order valence-corrected chi connectivity index (χ3v) is 8.65. The first-order valence-corrected chi connectivity index (χ1v) is 14.2. The van der Waals surface area contributed by atoms with Crippen molar-refractivity contribution in [2.24, 2.45) is 11.8 Å². The number of hydrogen-bond acceptors (Lipinski definition) is 4. The van der Waals surface area contributed by atoms with Crippen LogP contribution >= 0.6 is 0 Å². The zero-order valence-electron chi connectivity index (χ0n) is 23.0. The van der Waals surface area contributed by atoms with Gasteiger partial charge in [0.25, 0.3) is 0 Å². The lowest BCUT2D eigenvalue weighted by Gasteiger charge is -2.44. The molecule has 202 valence electrons. The summed E-state index contributed by atoms with van der Waals surface area (Å²) in [7, 11) is 0. The van der Waals surface area contributed by atoms with E-state index < -0.39 is 0 Å². The van der Waals surface area contributed by atoms with Crippen molar-refractivity contribution in [3.05, 3.63) is 107 Å². The van der Waals surface area contributed by atoms with Crippen molar-refractivity contribution in [1.82, 2.24) is 9.80 Å². The smallest absolute Gasteiger partial charge is 0.222 e. The number of benzene rings is 3. The van der Waals surface area contributed by atoms with Gasteiger partial charge in [0.1, 0.15) is 0 Å². The highest BCUT2D eigenvalue weighted by molar-refractivity contribution is 6.02. The van der Waals surface area contributed by atoms with E-state index in [-0.39, 0.29) is 35.2 Å². The molecule has 5 nitrogen and oxygen atoms in total. The van der Waals surface area contributed by atoms with Gasteiger partial charge in [0, 0.05) is 61.5 Å². The van der Waals surface area contributed by atoms with Crippen molar-refractivity contribution in [3.63, 3.8) is 0 Å².